The fraction of sp³-hybridized carbons (Fsp3) is 0.294. The van der Waals surface area contributed by atoms with Crippen LogP contribution in [-0.2, 0) is 4.79 Å². The lowest BCUT2D eigenvalue weighted by atomic mass is 9.96. The summed E-state index contributed by atoms with van der Waals surface area (Å²) in [5.41, 5.74) is 4.54. The number of piperidine rings is 1. The molecule has 2 amide bonds. The average Bonchev–Trinajstić information content (AvgIpc) is 2.67. The van der Waals surface area contributed by atoms with Gasteiger partial charge in [-0.2, -0.15) is 0 Å². The van der Waals surface area contributed by atoms with Crippen LogP contribution in [0.25, 0.3) is 0 Å². The normalized spacial score (nSPS) is 14.8. The van der Waals surface area contributed by atoms with Crippen LogP contribution in [0, 0.1) is 11.7 Å². The zero-order valence-electron chi connectivity index (χ0n) is 13.5. The Bertz CT molecular complexity index is 748. The number of nitrogens with zero attached hydrogens (tertiary/aromatic N) is 3. The predicted molar refractivity (Wildman–Crippen MR) is 89.0 cm³/mol. The number of amides is 2. The number of rotatable bonds is 3. The van der Waals surface area contributed by atoms with Crippen molar-refractivity contribution >= 4 is 17.6 Å². The Hall–Kier alpha value is -3.03. The summed E-state index contributed by atoms with van der Waals surface area (Å²) in [4.78, 5) is 34.4. The molecule has 1 aromatic carbocycles. The van der Waals surface area contributed by atoms with E-state index in [9.17, 15) is 14.0 Å². The molecule has 0 atom stereocenters. The van der Waals surface area contributed by atoms with Gasteiger partial charge in [-0.1, -0.05) is 12.1 Å². The molecule has 1 aliphatic heterocycles. The zero-order valence-corrected chi connectivity index (χ0v) is 13.5. The molecule has 0 unspecified atom stereocenters. The van der Waals surface area contributed by atoms with Crippen LogP contribution < -0.4 is 15.8 Å². The van der Waals surface area contributed by atoms with Crippen LogP contribution in [0.1, 0.15) is 23.2 Å². The molecule has 0 radical (unpaired) electrons. The monoisotopic (exact) mass is 343 g/mol. The van der Waals surface area contributed by atoms with Crippen LogP contribution in [0.3, 0.4) is 0 Å². The van der Waals surface area contributed by atoms with E-state index < -0.39 is 11.7 Å². The average molecular weight is 343 g/mol. The van der Waals surface area contributed by atoms with Crippen LogP contribution in [0.2, 0.25) is 0 Å². The van der Waals surface area contributed by atoms with E-state index in [2.05, 4.69) is 25.7 Å². The first-order valence-corrected chi connectivity index (χ1v) is 8.01. The quantitative estimate of drug-likeness (QED) is 0.820. The van der Waals surface area contributed by atoms with Gasteiger partial charge in [0.05, 0.1) is 11.8 Å². The van der Waals surface area contributed by atoms with E-state index >= 15 is 0 Å². The van der Waals surface area contributed by atoms with Gasteiger partial charge in [0.1, 0.15) is 11.6 Å². The highest BCUT2D eigenvalue weighted by molar-refractivity contribution is 5.95. The summed E-state index contributed by atoms with van der Waals surface area (Å²) >= 11 is 0. The number of carbonyl (C=O) groups is 2. The fourth-order valence-corrected chi connectivity index (χ4v) is 2.76. The molecule has 1 saturated heterocycles. The second-order valence-electron chi connectivity index (χ2n) is 5.75. The molecule has 1 fully saturated rings. The highest BCUT2D eigenvalue weighted by Gasteiger charge is 2.26. The number of aromatic nitrogens is 2. The fourth-order valence-electron chi connectivity index (χ4n) is 2.76. The van der Waals surface area contributed by atoms with Crippen LogP contribution in [0.15, 0.2) is 42.9 Å². The lowest BCUT2D eigenvalue weighted by molar-refractivity contribution is -0.126. The molecule has 2 aromatic rings. The van der Waals surface area contributed by atoms with E-state index in [4.69, 9.17) is 0 Å². The Morgan fingerprint density at radius 1 is 1.12 bits per heavy atom. The maximum absolute atomic E-state index is 13.5. The molecule has 25 heavy (non-hydrogen) atoms. The topological polar surface area (TPSA) is 87.2 Å². The van der Waals surface area contributed by atoms with Crippen LogP contribution >= 0.6 is 0 Å². The molecule has 2 heterocycles. The molecule has 8 heteroatoms. The smallest absolute Gasteiger partial charge is 0.272 e. The Kier molecular flexibility index (Phi) is 5.17. The SMILES string of the molecule is O=C(NNC(=O)C1CCN(c2cnccn2)CC1)c1ccccc1F. The molecule has 0 spiro atoms. The Morgan fingerprint density at radius 3 is 2.56 bits per heavy atom. The van der Waals surface area contributed by atoms with E-state index in [1.54, 1.807) is 24.7 Å². The largest absolute Gasteiger partial charge is 0.355 e. The summed E-state index contributed by atoms with van der Waals surface area (Å²) < 4.78 is 13.5. The van der Waals surface area contributed by atoms with Crippen molar-refractivity contribution in [3.05, 3.63) is 54.2 Å². The first-order chi connectivity index (χ1) is 12.1. The number of hydrazine groups is 1. The van der Waals surface area contributed by atoms with Crippen molar-refractivity contribution in [1.29, 1.82) is 0 Å². The Labute approximate surface area is 144 Å². The molecule has 3 rings (SSSR count). The molecule has 130 valence electrons. The van der Waals surface area contributed by atoms with Crippen molar-refractivity contribution in [1.82, 2.24) is 20.8 Å². The summed E-state index contributed by atoms with van der Waals surface area (Å²) in [6, 6.07) is 5.60. The minimum absolute atomic E-state index is 0.111. The van der Waals surface area contributed by atoms with Crippen molar-refractivity contribution < 1.29 is 14.0 Å². The maximum atomic E-state index is 13.5. The number of hydrogen-bond donors (Lipinski definition) is 2. The van der Waals surface area contributed by atoms with Crippen molar-refractivity contribution in [2.75, 3.05) is 18.0 Å². The maximum Gasteiger partial charge on any atom is 0.272 e. The Morgan fingerprint density at radius 2 is 1.88 bits per heavy atom. The van der Waals surface area contributed by atoms with Gasteiger partial charge >= 0.3 is 0 Å². The lowest BCUT2D eigenvalue weighted by Crippen LogP contribution is -2.47. The zero-order chi connectivity index (χ0) is 17.6. The van der Waals surface area contributed by atoms with Gasteiger partial charge in [0, 0.05) is 31.4 Å². The van der Waals surface area contributed by atoms with E-state index in [-0.39, 0.29) is 17.4 Å². The highest BCUT2D eigenvalue weighted by atomic mass is 19.1. The highest BCUT2D eigenvalue weighted by Crippen LogP contribution is 2.21. The van der Waals surface area contributed by atoms with Gasteiger partial charge in [-0.3, -0.25) is 25.4 Å². The van der Waals surface area contributed by atoms with Gasteiger partial charge in [0.25, 0.3) is 5.91 Å². The van der Waals surface area contributed by atoms with Crippen LogP contribution in [0.5, 0.6) is 0 Å². The summed E-state index contributed by atoms with van der Waals surface area (Å²) in [7, 11) is 0. The van der Waals surface area contributed by atoms with Crippen molar-refractivity contribution in [3.63, 3.8) is 0 Å². The standard InChI is InChI=1S/C17H18FN5O2/c18-14-4-2-1-3-13(14)17(25)22-21-16(24)12-5-9-23(10-6-12)15-11-19-7-8-20-15/h1-4,7-8,11-12H,5-6,9-10H2,(H,21,24)(H,22,25). The second kappa shape index (κ2) is 7.69. The molecule has 2 N–H and O–H groups in total. The van der Waals surface area contributed by atoms with Gasteiger partial charge in [-0.15, -0.1) is 0 Å². The molecule has 7 nitrogen and oxygen atoms in total. The number of hydrogen-bond acceptors (Lipinski definition) is 5. The molecule has 0 saturated carbocycles. The van der Waals surface area contributed by atoms with E-state index in [1.807, 2.05) is 0 Å². The first kappa shape index (κ1) is 16.8. The minimum Gasteiger partial charge on any atom is -0.355 e. The van der Waals surface area contributed by atoms with E-state index in [0.717, 1.165) is 5.82 Å². The number of anilines is 1. The number of benzene rings is 1. The van der Waals surface area contributed by atoms with E-state index in [0.29, 0.717) is 25.9 Å². The van der Waals surface area contributed by atoms with Crippen LogP contribution in [-0.4, -0.2) is 34.9 Å². The first-order valence-electron chi connectivity index (χ1n) is 8.01. The Balaban J connectivity index is 1.48. The molecule has 0 bridgehead atoms. The third kappa shape index (κ3) is 4.09. The van der Waals surface area contributed by atoms with E-state index in [1.165, 1.54) is 18.2 Å². The van der Waals surface area contributed by atoms with Gasteiger partial charge in [-0.05, 0) is 25.0 Å². The van der Waals surface area contributed by atoms with Gasteiger partial charge in [-0.25, -0.2) is 9.37 Å². The number of carbonyl (C=O) groups excluding carboxylic acids is 2. The summed E-state index contributed by atoms with van der Waals surface area (Å²) in [6.45, 7) is 1.36. The number of halogens is 1. The van der Waals surface area contributed by atoms with Crippen molar-refractivity contribution in [2.24, 2.45) is 5.92 Å². The lowest BCUT2D eigenvalue weighted by Gasteiger charge is -2.31. The third-order valence-corrected chi connectivity index (χ3v) is 4.16. The molecule has 0 aliphatic carbocycles. The van der Waals surface area contributed by atoms with Gasteiger partial charge < -0.3 is 4.90 Å². The predicted octanol–water partition coefficient (Wildman–Crippen LogP) is 1.29. The van der Waals surface area contributed by atoms with Crippen LogP contribution in [0.4, 0.5) is 10.2 Å². The molecular formula is C17H18FN5O2. The molecule has 1 aromatic heterocycles. The summed E-state index contributed by atoms with van der Waals surface area (Å²) in [6.07, 6.45) is 6.21. The molecular weight excluding hydrogens is 325 g/mol. The van der Waals surface area contributed by atoms with Gasteiger partial charge in [0.15, 0.2) is 0 Å². The summed E-state index contributed by atoms with van der Waals surface area (Å²) in [5.74, 6) is -1.01. The van der Waals surface area contributed by atoms with Gasteiger partial charge in [0.2, 0.25) is 5.91 Å². The third-order valence-electron chi connectivity index (χ3n) is 4.16. The number of nitrogens with one attached hydrogen (secondary N) is 2. The minimum atomic E-state index is -0.677. The van der Waals surface area contributed by atoms with Crippen molar-refractivity contribution in [3.8, 4) is 0 Å². The molecule has 1 aliphatic rings. The van der Waals surface area contributed by atoms with Crippen molar-refractivity contribution in [2.45, 2.75) is 12.8 Å². The summed E-state index contributed by atoms with van der Waals surface area (Å²) in [5, 5.41) is 0. The second-order valence-corrected chi connectivity index (χ2v) is 5.75.